The molecular formula is C26H36N4O6. The number of rotatable bonds is 8. The lowest BCUT2D eigenvalue weighted by molar-refractivity contribution is -0.137. The Balaban J connectivity index is 1.49. The Morgan fingerprint density at radius 2 is 1.83 bits per heavy atom. The molecule has 10 nitrogen and oxygen atoms in total. The van der Waals surface area contributed by atoms with E-state index in [1.807, 2.05) is 45.0 Å². The van der Waals surface area contributed by atoms with Crippen LogP contribution in [0, 0.1) is 0 Å². The predicted octanol–water partition coefficient (Wildman–Crippen LogP) is 2.51. The van der Waals surface area contributed by atoms with Crippen LogP contribution < -0.4 is 20.9 Å². The molecule has 1 saturated heterocycles. The summed E-state index contributed by atoms with van der Waals surface area (Å²) in [6.45, 7) is 6.32. The molecule has 3 N–H and O–H groups in total. The Kier molecular flexibility index (Phi) is 9.06. The van der Waals surface area contributed by atoms with Gasteiger partial charge in [-0.1, -0.05) is 24.6 Å². The van der Waals surface area contributed by atoms with E-state index in [0.717, 1.165) is 18.4 Å². The molecule has 2 aliphatic heterocycles. The van der Waals surface area contributed by atoms with Crippen molar-refractivity contribution in [1.82, 2.24) is 16.0 Å². The summed E-state index contributed by atoms with van der Waals surface area (Å²) < 4.78 is 5.20. The van der Waals surface area contributed by atoms with Gasteiger partial charge in [0.2, 0.25) is 23.6 Å². The van der Waals surface area contributed by atoms with Crippen molar-refractivity contribution in [1.29, 1.82) is 0 Å². The molecule has 36 heavy (non-hydrogen) atoms. The number of carbonyl (C=O) groups excluding carboxylic acids is 5. The molecular weight excluding hydrogens is 464 g/mol. The number of amides is 5. The highest BCUT2D eigenvalue weighted by atomic mass is 16.6. The zero-order valence-corrected chi connectivity index (χ0v) is 21.2. The number of unbranched alkanes of at least 4 members (excludes halogenated alkanes) is 2. The van der Waals surface area contributed by atoms with Crippen molar-refractivity contribution in [2.45, 2.75) is 83.3 Å². The topological polar surface area (TPSA) is 134 Å². The van der Waals surface area contributed by atoms with Crippen LogP contribution in [0.25, 0.3) is 0 Å². The van der Waals surface area contributed by atoms with Crippen molar-refractivity contribution >= 4 is 35.4 Å². The average Bonchev–Trinajstić information content (AvgIpc) is 2.81. The van der Waals surface area contributed by atoms with Crippen LogP contribution >= 0.6 is 0 Å². The van der Waals surface area contributed by atoms with E-state index in [1.165, 1.54) is 0 Å². The molecule has 1 aromatic rings. The number of alkyl carbamates (subject to hydrolysis) is 1. The van der Waals surface area contributed by atoms with Gasteiger partial charge in [-0.2, -0.15) is 0 Å². The average molecular weight is 501 g/mol. The van der Waals surface area contributed by atoms with Gasteiger partial charge in [-0.15, -0.1) is 0 Å². The monoisotopic (exact) mass is 500 g/mol. The highest BCUT2D eigenvalue weighted by molar-refractivity contribution is 6.02. The van der Waals surface area contributed by atoms with E-state index in [0.29, 0.717) is 38.0 Å². The second-order valence-electron chi connectivity index (χ2n) is 10.2. The standard InChI is InChI=1S/C26H36N4O6/c1-26(2,3)36-25(35)27-15-8-4-5-11-22(32)30-16-14-18(17-9-6-7-10-20(17)30)23(33)28-19-12-13-21(31)29-24(19)34/h6-7,9-10,18-19H,4-5,8,11-16H2,1-3H3,(H,27,35)(H,28,33)(H,29,31,34)/t18-,19-/m0/s1. The minimum atomic E-state index is -0.730. The van der Waals surface area contributed by atoms with Gasteiger partial charge in [0, 0.05) is 31.6 Å². The maximum atomic E-state index is 13.0. The fourth-order valence-electron chi connectivity index (χ4n) is 4.41. The highest BCUT2D eigenvalue weighted by Gasteiger charge is 2.35. The molecule has 0 radical (unpaired) electrons. The first-order chi connectivity index (χ1) is 17.0. The van der Waals surface area contributed by atoms with Gasteiger partial charge in [-0.05, 0) is 58.1 Å². The first-order valence-electron chi connectivity index (χ1n) is 12.6. The molecule has 1 aromatic carbocycles. The molecule has 1 fully saturated rings. The quantitative estimate of drug-likeness (QED) is 0.371. The van der Waals surface area contributed by atoms with Crippen LogP contribution in [0.3, 0.4) is 0 Å². The van der Waals surface area contributed by atoms with Crippen molar-refractivity contribution < 1.29 is 28.7 Å². The van der Waals surface area contributed by atoms with E-state index in [-0.39, 0.29) is 30.6 Å². The summed E-state index contributed by atoms with van der Waals surface area (Å²) >= 11 is 0. The summed E-state index contributed by atoms with van der Waals surface area (Å²) in [5.74, 6) is -1.58. The maximum Gasteiger partial charge on any atom is 0.407 e. The molecule has 5 amide bonds. The van der Waals surface area contributed by atoms with Gasteiger partial charge in [0.25, 0.3) is 0 Å². The number of para-hydroxylation sites is 1. The fourth-order valence-corrected chi connectivity index (χ4v) is 4.41. The zero-order valence-electron chi connectivity index (χ0n) is 21.2. The molecule has 2 heterocycles. The van der Waals surface area contributed by atoms with Gasteiger partial charge in [0.1, 0.15) is 11.6 Å². The molecule has 2 atom stereocenters. The second-order valence-corrected chi connectivity index (χ2v) is 10.2. The van der Waals surface area contributed by atoms with E-state index in [4.69, 9.17) is 4.74 Å². The first kappa shape index (κ1) is 27.2. The Hall–Kier alpha value is -3.43. The fraction of sp³-hybridized carbons (Fsp3) is 0.577. The van der Waals surface area contributed by atoms with Gasteiger partial charge in [0.15, 0.2) is 0 Å². The lowest BCUT2D eigenvalue weighted by atomic mass is 9.88. The molecule has 3 rings (SSSR count). The van der Waals surface area contributed by atoms with Gasteiger partial charge < -0.3 is 20.3 Å². The van der Waals surface area contributed by atoms with Crippen LogP contribution in [-0.4, -0.2) is 54.5 Å². The third-order valence-electron chi connectivity index (χ3n) is 6.15. The van der Waals surface area contributed by atoms with Crippen LogP contribution in [0.4, 0.5) is 10.5 Å². The third kappa shape index (κ3) is 7.53. The summed E-state index contributed by atoms with van der Waals surface area (Å²) in [5.41, 5.74) is 0.929. The van der Waals surface area contributed by atoms with Crippen LogP contribution in [0.2, 0.25) is 0 Å². The number of imide groups is 1. The Morgan fingerprint density at radius 1 is 1.08 bits per heavy atom. The highest BCUT2D eigenvalue weighted by Crippen LogP contribution is 2.36. The number of ether oxygens (including phenoxy) is 1. The van der Waals surface area contributed by atoms with Crippen LogP contribution in [-0.2, 0) is 23.9 Å². The molecule has 0 unspecified atom stereocenters. The molecule has 0 saturated carbocycles. The number of hydrogen-bond donors (Lipinski definition) is 3. The molecule has 196 valence electrons. The van der Waals surface area contributed by atoms with Crippen molar-refractivity contribution in [2.75, 3.05) is 18.0 Å². The predicted molar refractivity (Wildman–Crippen MR) is 133 cm³/mol. The summed E-state index contributed by atoms with van der Waals surface area (Å²) in [6, 6.07) is 6.61. The second kappa shape index (κ2) is 12.0. The first-order valence-corrected chi connectivity index (χ1v) is 12.6. The van der Waals surface area contributed by atoms with Crippen molar-refractivity contribution in [3.8, 4) is 0 Å². The summed E-state index contributed by atoms with van der Waals surface area (Å²) in [6.07, 6.45) is 3.06. The van der Waals surface area contributed by atoms with E-state index < -0.39 is 29.6 Å². The summed E-state index contributed by atoms with van der Waals surface area (Å²) in [7, 11) is 0. The molecule has 0 aliphatic carbocycles. The number of fused-ring (bicyclic) bond motifs is 1. The maximum absolute atomic E-state index is 13.0. The molecule has 0 bridgehead atoms. The molecule has 0 spiro atoms. The Labute approximate surface area is 211 Å². The van der Waals surface area contributed by atoms with E-state index >= 15 is 0 Å². The Morgan fingerprint density at radius 3 is 2.56 bits per heavy atom. The number of nitrogens with zero attached hydrogens (tertiary/aromatic N) is 1. The number of carbonyl (C=O) groups is 5. The normalized spacial score (nSPS) is 19.7. The van der Waals surface area contributed by atoms with E-state index in [9.17, 15) is 24.0 Å². The zero-order chi connectivity index (χ0) is 26.3. The summed E-state index contributed by atoms with van der Waals surface area (Å²) in [4.78, 5) is 62.8. The van der Waals surface area contributed by atoms with Crippen LogP contribution in [0.15, 0.2) is 24.3 Å². The third-order valence-corrected chi connectivity index (χ3v) is 6.15. The lowest BCUT2D eigenvalue weighted by Gasteiger charge is -2.34. The SMILES string of the molecule is CC(C)(C)OC(=O)NCCCCCC(=O)N1CC[C@H](C(=O)N[C@H]2CCC(=O)NC2=O)c2ccccc21. The molecule has 2 aliphatic rings. The number of nitrogens with one attached hydrogen (secondary N) is 3. The number of anilines is 1. The van der Waals surface area contributed by atoms with Crippen molar-refractivity contribution in [3.63, 3.8) is 0 Å². The number of hydrogen-bond acceptors (Lipinski definition) is 6. The van der Waals surface area contributed by atoms with Gasteiger partial charge in [0.05, 0.1) is 5.92 Å². The number of piperidine rings is 1. The van der Waals surface area contributed by atoms with Crippen molar-refractivity contribution in [3.05, 3.63) is 29.8 Å². The number of benzene rings is 1. The largest absolute Gasteiger partial charge is 0.444 e. The van der Waals surface area contributed by atoms with Crippen LogP contribution in [0.5, 0.6) is 0 Å². The molecule has 10 heteroatoms. The minimum absolute atomic E-state index is 0.00780. The van der Waals surface area contributed by atoms with E-state index in [1.54, 1.807) is 4.90 Å². The summed E-state index contributed by atoms with van der Waals surface area (Å²) in [5, 5.41) is 7.74. The smallest absolute Gasteiger partial charge is 0.407 e. The Bertz CT molecular complexity index is 1000. The van der Waals surface area contributed by atoms with Gasteiger partial charge >= 0.3 is 6.09 Å². The van der Waals surface area contributed by atoms with Gasteiger partial charge in [-0.25, -0.2) is 4.79 Å². The lowest BCUT2D eigenvalue weighted by Crippen LogP contribution is -2.53. The minimum Gasteiger partial charge on any atom is -0.444 e. The molecule has 0 aromatic heterocycles. The van der Waals surface area contributed by atoms with Gasteiger partial charge in [-0.3, -0.25) is 24.5 Å². The van der Waals surface area contributed by atoms with Crippen molar-refractivity contribution in [2.24, 2.45) is 0 Å². The van der Waals surface area contributed by atoms with Crippen LogP contribution in [0.1, 0.15) is 77.2 Å². The van der Waals surface area contributed by atoms with E-state index in [2.05, 4.69) is 16.0 Å².